The number of carbonyl (C=O) groups is 1. The summed E-state index contributed by atoms with van der Waals surface area (Å²) in [5.41, 5.74) is 2.01. The summed E-state index contributed by atoms with van der Waals surface area (Å²) in [4.78, 5) is 23.9. The van der Waals surface area contributed by atoms with Gasteiger partial charge in [0.15, 0.2) is 0 Å². The molecule has 0 saturated carbocycles. The van der Waals surface area contributed by atoms with Crippen LogP contribution in [0.2, 0.25) is 0 Å². The highest BCUT2D eigenvalue weighted by molar-refractivity contribution is 5.94. The number of rotatable bonds is 4. The second-order valence-electron chi connectivity index (χ2n) is 6.45. The molecule has 6 nitrogen and oxygen atoms in total. The van der Waals surface area contributed by atoms with E-state index in [0.29, 0.717) is 5.69 Å². The number of nitrogens with zero attached hydrogens (tertiary/aromatic N) is 5. The van der Waals surface area contributed by atoms with Gasteiger partial charge >= 0.3 is 0 Å². The molecule has 3 aromatic rings. The van der Waals surface area contributed by atoms with E-state index in [1.54, 1.807) is 12.4 Å². The first kappa shape index (κ1) is 15.7. The number of hydrogen-bond donors (Lipinski definition) is 0. The number of piperidine rings is 1. The van der Waals surface area contributed by atoms with Gasteiger partial charge < -0.3 is 4.90 Å². The molecule has 4 rings (SSSR count). The lowest BCUT2D eigenvalue weighted by Crippen LogP contribution is -2.44. The Hall–Kier alpha value is -2.76. The first-order valence-electron chi connectivity index (χ1n) is 8.81. The van der Waals surface area contributed by atoms with Crippen molar-refractivity contribution in [3.05, 3.63) is 54.6 Å². The molecule has 0 radical (unpaired) electrons. The standard InChI is InChI=1S/C19H21N5O/c25-19(18-14-20-16-7-1-2-8-17(16)22-18)24-12-4-3-6-15(24)9-13-23-11-5-10-21-23/h1-2,5,7-8,10-11,14-15H,3-4,6,9,12-13H2/t15-/m1/s1. The summed E-state index contributed by atoms with van der Waals surface area (Å²) in [5, 5.41) is 4.25. The molecule has 1 amide bonds. The molecular weight excluding hydrogens is 314 g/mol. The lowest BCUT2D eigenvalue weighted by Gasteiger charge is -2.35. The maximum absolute atomic E-state index is 13.0. The highest BCUT2D eigenvalue weighted by Gasteiger charge is 2.28. The minimum atomic E-state index is -0.0107. The molecule has 6 heteroatoms. The highest BCUT2D eigenvalue weighted by Crippen LogP contribution is 2.22. The summed E-state index contributed by atoms with van der Waals surface area (Å²) in [6.45, 7) is 1.61. The third-order valence-electron chi connectivity index (χ3n) is 4.81. The molecular formula is C19H21N5O. The van der Waals surface area contributed by atoms with Crippen molar-refractivity contribution in [1.29, 1.82) is 0 Å². The number of likely N-dealkylation sites (tertiary alicyclic amines) is 1. The van der Waals surface area contributed by atoms with Crippen LogP contribution < -0.4 is 0 Å². The molecule has 0 unspecified atom stereocenters. The number of carbonyl (C=O) groups excluding carboxylic acids is 1. The van der Waals surface area contributed by atoms with Gasteiger partial charge in [-0.25, -0.2) is 4.98 Å². The Morgan fingerprint density at radius 3 is 2.88 bits per heavy atom. The van der Waals surface area contributed by atoms with E-state index in [2.05, 4.69) is 15.1 Å². The van der Waals surface area contributed by atoms with E-state index in [1.807, 2.05) is 46.1 Å². The fraction of sp³-hybridized carbons (Fsp3) is 0.368. The predicted octanol–water partition coefficient (Wildman–Crippen LogP) is 2.91. The third kappa shape index (κ3) is 3.38. The molecule has 128 valence electrons. The Morgan fingerprint density at radius 1 is 1.16 bits per heavy atom. The number of benzene rings is 1. The average Bonchev–Trinajstić information content (AvgIpc) is 3.19. The van der Waals surface area contributed by atoms with Crippen LogP contribution in [-0.2, 0) is 6.54 Å². The van der Waals surface area contributed by atoms with Gasteiger partial charge in [0.05, 0.1) is 17.2 Å². The molecule has 0 aliphatic carbocycles. The van der Waals surface area contributed by atoms with Gasteiger partial charge in [0.2, 0.25) is 0 Å². The zero-order valence-corrected chi connectivity index (χ0v) is 14.1. The largest absolute Gasteiger partial charge is 0.334 e. The predicted molar refractivity (Wildman–Crippen MR) is 95.1 cm³/mol. The van der Waals surface area contributed by atoms with Gasteiger partial charge in [-0.1, -0.05) is 12.1 Å². The fourth-order valence-electron chi connectivity index (χ4n) is 3.49. The van der Waals surface area contributed by atoms with Crippen LogP contribution >= 0.6 is 0 Å². The maximum atomic E-state index is 13.0. The lowest BCUT2D eigenvalue weighted by atomic mass is 9.99. The van der Waals surface area contributed by atoms with Crippen molar-refractivity contribution >= 4 is 16.9 Å². The molecule has 25 heavy (non-hydrogen) atoms. The van der Waals surface area contributed by atoms with Crippen LogP contribution in [0.25, 0.3) is 11.0 Å². The summed E-state index contributed by atoms with van der Waals surface area (Å²) in [6, 6.07) is 9.80. The van der Waals surface area contributed by atoms with Crippen LogP contribution in [0.15, 0.2) is 48.9 Å². The number of fused-ring (bicyclic) bond motifs is 1. The van der Waals surface area contributed by atoms with Crippen molar-refractivity contribution in [2.45, 2.75) is 38.3 Å². The Balaban J connectivity index is 1.52. The van der Waals surface area contributed by atoms with Crippen LogP contribution in [0, 0.1) is 0 Å². The molecule has 1 aliphatic heterocycles. The van der Waals surface area contributed by atoms with Crippen LogP contribution in [0.3, 0.4) is 0 Å². The molecule has 0 N–H and O–H groups in total. The zero-order chi connectivity index (χ0) is 17.1. The fourth-order valence-corrected chi connectivity index (χ4v) is 3.49. The van der Waals surface area contributed by atoms with Gasteiger partial charge in [-0.05, 0) is 43.9 Å². The monoisotopic (exact) mass is 335 g/mol. The molecule has 1 atom stereocenters. The summed E-state index contributed by atoms with van der Waals surface area (Å²) in [5.74, 6) is -0.0107. The molecule has 0 bridgehead atoms. The Kier molecular flexibility index (Phi) is 4.41. The molecule has 2 aromatic heterocycles. The van der Waals surface area contributed by atoms with Crippen LogP contribution in [0.5, 0.6) is 0 Å². The summed E-state index contributed by atoms with van der Waals surface area (Å²) in [6.07, 6.45) is 9.51. The summed E-state index contributed by atoms with van der Waals surface area (Å²) >= 11 is 0. The maximum Gasteiger partial charge on any atom is 0.274 e. The topological polar surface area (TPSA) is 63.9 Å². The van der Waals surface area contributed by atoms with Gasteiger partial charge in [-0.3, -0.25) is 14.5 Å². The third-order valence-corrected chi connectivity index (χ3v) is 4.81. The summed E-state index contributed by atoms with van der Waals surface area (Å²) in [7, 11) is 0. The molecule has 1 aliphatic rings. The molecule has 1 aromatic carbocycles. The van der Waals surface area contributed by atoms with E-state index in [4.69, 9.17) is 0 Å². The van der Waals surface area contributed by atoms with E-state index in [0.717, 1.165) is 49.8 Å². The van der Waals surface area contributed by atoms with Gasteiger partial charge in [-0.2, -0.15) is 5.10 Å². The Morgan fingerprint density at radius 2 is 2.04 bits per heavy atom. The van der Waals surface area contributed by atoms with E-state index >= 15 is 0 Å². The Bertz CT molecular complexity index is 861. The SMILES string of the molecule is O=C(c1cnc2ccccc2n1)N1CCCC[C@@H]1CCn1cccn1. The van der Waals surface area contributed by atoms with Crippen LogP contribution in [-0.4, -0.2) is 43.1 Å². The smallest absolute Gasteiger partial charge is 0.274 e. The zero-order valence-electron chi connectivity index (χ0n) is 14.1. The van der Waals surface area contributed by atoms with Crippen molar-refractivity contribution in [3.63, 3.8) is 0 Å². The van der Waals surface area contributed by atoms with Gasteiger partial charge in [-0.15, -0.1) is 0 Å². The van der Waals surface area contributed by atoms with E-state index in [-0.39, 0.29) is 11.9 Å². The first-order chi connectivity index (χ1) is 12.3. The van der Waals surface area contributed by atoms with E-state index in [1.165, 1.54) is 0 Å². The number of amides is 1. The molecule has 3 heterocycles. The first-order valence-corrected chi connectivity index (χ1v) is 8.81. The number of para-hydroxylation sites is 2. The lowest BCUT2D eigenvalue weighted by molar-refractivity contribution is 0.0588. The van der Waals surface area contributed by atoms with Crippen LogP contribution in [0.4, 0.5) is 0 Å². The quantitative estimate of drug-likeness (QED) is 0.735. The van der Waals surface area contributed by atoms with Crippen LogP contribution in [0.1, 0.15) is 36.2 Å². The second-order valence-corrected chi connectivity index (χ2v) is 6.45. The van der Waals surface area contributed by atoms with Crippen molar-refractivity contribution in [2.24, 2.45) is 0 Å². The molecule has 0 spiro atoms. The minimum Gasteiger partial charge on any atom is -0.334 e. The van der Waals surface area contributed by atoms with Crippen molar-refractivity contribution in [3.8, 4) is 0 Å². The van der Waals surface area contributed by atoms with E-state index in [9.17, 15) is 4.79 Å². The average molecular weight is 335 g/mol. The van der Waals surface area contributed by atoms with Gasteiger partial charge in [0, 0.05) is 31.5 Å². The van der Waals surface area contributed by atoms with Crippen molar-refractivity contribution < 1.29 is 4.79 Å². The van der Waals surface area contributed by atoms with Gasteiger partial charge in [0.25, 0.3) is 5.91 Å². The number of aryl methyl sites for hydroxylation is 1. The minimum absolute atomic E-state index is 0.0107. The highest BCUT2D eigenvalue weighted by atomic mass is 16.2. The van der Waals surface area contributed by atoms with Crippen molar-refractivity contribution in [2.75, 3.05) is 6.54 Å². The van der Waals surface area contributed by atoms with Gasteiger partial charge in [0.1, 0.15) is 5.69 Å². The molecule has 1 fully saturated rings. The summed E-state index contributed by atoms with van der Waals surface area (Å²) < 4.78 is 1.92. The Labute approximate surface area is 146 Å². The number of aromatic nitrogens is 4. The van der Waals surface area contributed by atoms with Crippen molar-refractivity contribution in [1.82, 2.24) is 24.6 Å². The molecule has 1 saturated heterocycles. The second kappa shape index (κ2) is 7.01. The normalized spacial score (nSPS) is 17.8. The number of hydrogen-bond acceptors (Lipinski definition) is 4. The van der Waals surface area contributed by atoms with E-state index < -0.39 is 0 Å².